The van der Waals surface area contributed by atoms with Gasteiger partial charge in [0.25, 0.3) is 0 Å². The second-order valence-corrected chi connectivity index (χ2v) is 6.65. The molecule has 17 heavy (non-hydrogen) atoms. The fraction of sp³-hybridized carbons (Fsp3) is 1.00. The van der Waals surface area contributed by atoms with Crippen molar-refractivity contribution in [1.29, 1.82) is 0 Å². The van der Waals surface area contributed by atoms with Crippen LogP contribution in [0.5, 0.6) is 0 Å². The highest BCUT2D eigenvalue weighted by Crippen LogP contribution is 2.33. The van der Waals surface area contributed by atoms with Crippen molar-refractivity contribution in [2.75, 3.05) is 19.6 Å². The summed E-state index contributed by atoms with van der Waals surface area (Å²) in [6.45, 7) is 6.45. The Kier molecular flexibility index (Phi) is 3.72. The Labute approximate surface area is 106 Å². The number of nitrogens with one attached hydrogen (secondary N) is 1. The summed E-state index contributed by atoms with van der Waals surface area (Å²) >= 11 is 0. The largest absolute Gasteiger partial charge is 0.314 e. The Morgan fingerprint density at radius 1 is 1.00 bits per heavy atom. The summed E-state index contributed by atoms with van der Waals surface area (Å²) in [4.78, 5) is 2.80. The molecule has 0 amide bonds. The molecule has 3 atom stereocenters. The lowest BCUT2D eigenvalue weighted by atomic mass is 9.88. The van der Waals surface area contributed by atoms with Crippen LogP contribution in [0.25, 0.3) is 0 Å². The number of likely N-dealkylation sites (tertiary alicyclic amines) is 1. The van der Waals surface area contributed by atoms with Crippen molar-refractivity contribution in [3.05, 3.63) is 0 Å². The number of rotatable bonds is 2. The molecule has 1 aliphatic carbocycles. The van der Waals surface area contributed by atoms with E-state index in [0.717, 1.165) is 23.9 Å². The minimum absolute atomic E-state index is 0.861. The Morgan fingerprint density at radius 2 is 1.82 bits per heavy atom. The van der Waals surface area contributed by atoms with E-state index < -0.39 is 0 Å². The molecule has 2 nitrogen and oxygen atoms in total. The molecule has 3 fully saturated rings. The van der Waals surface area contributed by atoms with Gasteiger partial charge in [0.1, 0.15) is 0 Å². The first-order valence-corrected chi connectivity index (χ1v) is 7.80. The van der Waals surface area contributed by atoms with Crippen LogP contribution in [-0.2, 0) is 0 Å². The molecule has 0 radical (unpaired) electrons. The molecule has 1 N–H and O–H groups in total. The summed E-state index contributed by atoms with van der Waals surface area (Å²) in [6, 6.07) is 1.79. The SMILES string of the molecule is CC1CCC(N2CCC(C3CCCN3)CC2)C1. The Hall–Kier alpha value is -0.0800. The summed E-state index contributed by atoms with van der Waals surface area (Å²) in [5, 5.41) is 3.70. The summed E-state index contributed by atoms with van der Waals surface area (Å²) in [7, 11) is 0. The first-order chi connectivity index (χ1) is 8.33. The monoisotopic (exact) mass is 236 g/mol. The van der Waals surface area contributed by atoms with E-state index in [2.05, 4.69) is 17.1 Å². The molecule has 0 aromatic carbocycles. The fourth-order valence-electron chi connectivity index (χ4n) is 4.31. The number of hydrogen-bond acceptors (Lipinski definition) is 2. The molecular formula is C15H28N2. The van der Waals surface area contributed by atoms with Crippen LogP contribution in [0.3, 0.4) is 0 Å². The molecule has 2 heteroatoms. The maximum Gasteiger partial charge on any atom is 0.00978 e. The van der Waals surface area contributed by atoms with Crippen LogP contribution in [0.2, 0.25) is 0 Å². The Bertz CT molecular complexity index is 239. The second kappa shape index (κ2) is 5.27. The van der Waals surface area contributed by atoms with Crippen molar-refractivity contribution >= 4 is 0 Å². The summed E-state index contributed by atoms with van der Waals surface area (Å²) in [6.07, 6.45) is 10.1. The van der Waals surface area contributed by atoms with Gasteiger partial charge in [0.05, 0.1) is 0 Å². The minimum atomic E-state index is 0.861. The van der Waals surface area contributed by atoms with Gasteiger partial charge in [0.15, 0.2) is 0 Å². The van der Waals surface area contributed by atoms with Gasteiger partial charge in [0, 0.05) is 12.1 Å². The van der Waals surface area contributed by atoms with Gasteiger partial charge in [-0.15, -0.1) is 0 Å². The third kappa shape index (κ3) is 2.68. The van der Waals surface area contributed by atoms with Crippen LogP contribution in [-0.4, -0.2) is 36.6 Å². The molecule has 3 unspecified atom stereocenters. The molecule has 3 aliphatic rings. The highest BCUT2D eigenvalue weighted by molar-refractivity contribution is 4.89. The highest BCUT2D eigenvalue weighted by Gasteiger charge is 2.32. The molecule has 0 spiro atoms. The standard InChI is InChI=1S/C15H28N2/c1-12-4-5-14(11-12)17-9-6-13(7-10-17)15-3-2-8-16-15/h12-16H,2-11H2,1H3. The van der Waals surface area contributed by atoms with Crippen molar-refractivity contribution in [3.8, 4) is 0 Å². The van der Waals surface area contributed by atoms with Crippen molar-refractivity contribution in [2.45, 2.75) is 64.0 Å². The van der Waals surface area contributed by atoms with Crippen LogP contribution in [0.15, 0.2) is 0 Å². The van der Waals surface area contributed by atoms with Crippen LogP contribution in [0, 0.1) is 11.8 Å². The van der Waals surface area contributed by atoms with E-state index in [1.54, 1.807) is 0 Å². The van der Waals surface area contributed by atoms with Gasteiger partial charge >= 0.3 is 0 Å². The van der Waals surface area contributed by atoms with E-state index in [1.165, 1.54) is 64.6 Å². The van der Waals surface area contributed by atoms with Gasteiger partial charge in [-0.3, -0.25) is 0 Å². The maximum absolute atomic E-state index is 3.70. The quantitative estimate of drug-likeness (QED) is 0.793. The number of piperidine rings is 1. The Balaban J connectivity index is 1.47. The molecule has 2 heterocycles. The summed E-state index contributed by atoms with van der Waals surface area (Å²) < 4.78 is 0. The fourth-order valence-corrected chi connectivity index (χ4v) is 4.31. The first-order valence-electron chi connectivity index (χ1n) is 7.80. The van der Waals surface area contributed by atoms with E-state index >= 15 is 0 Å². The topological polar surface area (TPSA) is 15.3 Å². The molecular weight excluding hydrogens is 208 g/mol. The molecule has 98 valence electrons. The maximum atomic E-state index is 3.70. The van der Waals surface area contributed by atoms with Crippen molar-refractivity contribution in [3.63, 3.8) is 0 Å². The lowest BCUT2D eigenvalue weighted by molar-refractivity contribution is 0.119. The van der Waals surface area contributed by atoms with E-state index in [0.29, 0.717) is 0 Å². The van der Waals surface area contributed by atoms with Crippen molar-refractivity contribution in [1.82, 2.24) is 10.2 Å². The minimum Gasteiger partial charge on any atom is -0.314 e. The van der Waals surface area contributed by atoms with Crippen molar-refractivity contribution in [2.24, 2.45) is 11.8 Å². The molecule has 0 aromatic heterocycles. The highest BCUT2D eigenvalue weighted by atomic mass is 15.2. The van der Waals surface area contributed by atoms with E-state index in [9.17, 15) is 0 Å². The van der Waals surface area contributed by atoms with Gasteiger partial charge < -0.3 is 10.2 Å². The molecule has 2 saturated heterocycles. The van der Waals surface area contributed by atoms with E-state index in [1.807, 2.05) is 0 Å². The third-order valence-corrected chi connectivity index (χ3v) is 5.43. The van der Waals surface area contributed by atoms with Crippen molar-refractivity contribution < 1.29 is 0 Å². The molecule has 3 rings (SSSR count). The molecule has 2 aliphatic heterocycles. The average molecular weight is 236 g/mol. The second-order valence-electron chi connectivity index (χ2n) is 6.65. The molecule has 0 bridgehead atoms. The van der Waals surface area contributed by atoms with Crippen LogP contribution in [0.1, 0.15) is 51.9 Å². The summed E-state index contributed by atoms with van der Waals surface area (Å²) in [5.41, 5.74) is 0. The number of nitrogens with zero attached hydrogens (tertiary/aromatic N) is 1. The average Bonchev–Trinajstić information content (AvgIpc) is 3.00. The normalized spacial score (nSPS) is 41.1. The zero-order valence-corrected chi connectivity index (χ0v) is 11.3. The van der Waals surface area contributed by atoms with Crippen LogP contribution >= 0.6 is 0 Å². The molecule has 0 aromatic rings. The lowest BCUT2D eigenvalue weighted by Crippen LogP contribution is -2.44. The van der Waals surface area contributed by atoms with Crippen LogP contribution < -0.4 is 5.32 Å². The zero-order valence-electron chi connectivity index (χ0n) is 11.3. The number of hydrogen-bond donors (Lipinski definition) is 1. The van der Waals surface area contributed by atoms with Gasteiger partial charge in [-0.1, -0.05) is 6.92 Å². The van der Waals surface area contributed by atoms with Gasteiger partial charge in [-0.2, -0.15) is 0 Å². The third-order valence-electron chi connectivity index (χ3n) is 5.43. The Morgan fingerprint density at radius 3 is 2.41 bits per heavy atom. The van der Waals surface area contributed by atoms with Gasteiger partial charge in [0.2, 0.25) is 0 Å². The smallest absolute Gasteiger partial charge is 0.00978 e. The van der Waals surface area contributed by atoms with Gasteiger partial charge in [-0.25, -0.2) is 0 Å². The lowest BCUT2D eigenvalue weighted by Gasteiger charge is -2.38. The first kappa shape index (κ1) is 12.0. The van der Waals surface area contributed by atoms with Gasteiger partial charge in [-0.05, 0) is 76.4 Å². The zero-order chi connectivity index (χ0) is 11.7. The molecule has 1 saturated carbocycles. The summed E-state index contributed by atoms with van der Waals surface area (Å²) in [5.74, 6) is 1.96. The van der Waals surface area contributed by atoms with E-state index in [-0.39, 0.29) is 0 Å². The van der Waals surface area contributed by atoms with E-state index in [4.69, 9.17) is 0 Å². The van der Waals surface area contributed by atoms with Crippen LogP contribution in [0.4, 0.5) is 0 Å². The predicted molar refractivity (Wildman–Crippen MR) is 72.1 cm³/mol. The predicted octanol–water partition coefficient (Wildman–Crippen LogP) is 2.64.